The number of ether oxygens (including phenoxy) is 1. The van der Waals surface area contributed by atoms with Gasteiger partial charge in [-0.15, -0.1) is 0 Å². The highest BCUT2D eigenvalue weighted by Gasteiger charge is 2.07. The van der Waals surface area contributed by atoms with Gasteiger partial charge in [0.2, 0.25) is 0 Å². The second-order valence-electron chi connectivity index (χ2n) is 3.81. The predicted molar refractivity (Wildman–Crippen MR) is 67.2 cm³/mol. The highest BCUT2D eigenvalue weighted by molar-refractivity contribution is 5.92. The van der Waals surface area contributed by atoms with Gasteiger partial charge in [-0.1, -0.05) is 6.07 Å². The quantitative estimate of drug-likeness (QED) is 0.782. The fraction of sp³-hybridized carbons (Fsp3) is 0.500. The summed E-state index contributed by atoms with van der Waals surface area (Å²) in [5, 5.41) is 5.77. The molecular formula is C12H19N3O2. The first-order valence-corrected chi connectivity index (χ1v) is 5.62. The minimum absolute atomic E-state index is 0.182. The van der Waals surface area contributed by atoms with Gasteiger partial charge in [-0.3, -0.25) is 4.79 Å². The summed E-state index contributed by atoms with van der Waals surface area (Å²) in [6, 6.07) is 5.59. The highest BCUT2D eigenvalue weighted by Crippen LogP contribution is 2.08. The molecule has 1 atom stereocenters. The number of rotatable bonds is 6. The van der Waals surface area contributed by atoms with Gasteiger partial charge < -0.3 is 15.4 Å². The molecule has 1 aromatic rings. The monoisotopic (exact) mass is 237 g/mol. The number of methoxy groups -OCH3 is 1. The van der Waals surface area contributed by atoms with Gasteiger partial charge in [0.25, 0.3) is 5.91 Å². The lowest BCUT2D eigenvalue weighted by Crippen LogP contribution is -2.21. The van der Waals surface area contributed by atoms with Crippen LogP contribution in [0.15, 0.2) is 18.2 Å². The molecule has 1 aromatic heterocycles. The van der Waals surface area contributed by atoms with Crippen LogP contribution in [0.25, 0.3) is 0 Å². The van der Waals surface area contributed by atoms with E-state index in [1.807, 2.05) is 19.1 Å². The molecule has 0 saturated carbocycles. The van der Waals surface area contributed by atoms with Gasteiger partial charge in [-0.25, -0.2) is 4.98 Å². The molecule has 0 saturated heterocycles. The summed E-state index contributed by atoms with van der Waals surface area (Å²) < 4.78 is 5.01. The van der Waals surface area contributed by atoms with Crippen LogP contribution < -0.4 is 10.6 Å². The Morgan fingerprint density at radius 3 is 2.94 bits per heavy atom. The molecule has 17 heavy (non-hydrogen) atoms. The average Bonchev–Trinajstić information content (AvgIpc) is 2.35. The van der Waals surface area contributed by atoms with Crippen molar-refractivity contribution in [3.8, 4) is 0 Å². The summed E-state index contributed by atoms with van der Waals surface area (Å²) >= 11 is 0. The smallest absolute Gasteiger partial charge is 0.269 e. The summed E-state index contributed by atoms with van der Waals surface area (Å²) in [4.78, 5) is 15.6. The molecule has 5 nitrogen and oxygen atoms in total. The van der Waals surface area contributed by atoms with E-state index < -0.39 is 0 Å². The van der Waals surface area contributed by atoms with Crippen LogP contribution in [0, 0.1) is 0 Å². The van der Waals surface area contributed by atoms with Crippen molar-refractivity contribution in [3.63, 3.8) is 0 Å². The first kappa shape index (κ1) is 13.4. The van der Waals surface area contributed by atoms with Gasteiger partial charge in [-0.2, -0.15) is 0 Å². The van der Waals surface area contributed by atoms with Crippen molar-refractivity contribution in [1.29, 1.82) is 0 Å². The third-order valence-electron chi connectivity index (χ3n) is 2.36. The van der Waals surface area contributed by atoms with E-state index in [0.717, 1.165) is 6.42 Å². The van der Waals surface area contributed by atoms with E-state index in [-0.39, 0.29) is 11.9 Å². The van der Waals surface area contributed by atoms with Crippen molar-refractivity contribution in [1.82, 2.24) is 10.3 Å². The van der Waals surface area contributed by atoms with Crippen LogP contribution in [0.1, 0.15) is 23.8 Å². The first-order valence-electron chi connectivity index (χ1n) is 5.62. The summed E-state index contributed by atoms with van der Waals surface area (Å²) in [6.07, 6.45) is 0.891. The number of carbonyl (C=O) groups excluding carboxylic acids is 1. The van der Waals surface area contributed by atoms with Crippen LogP contribution in [-0.4, -0.2) is 37.7 Å². The molecule has 0 aliphatic rings. The number of nitrogens with one attached hydrogen (secondary N) is 2. The van der Waals surface area contributed by atoms with Gasteiger partial charge >= 0.3 is 0 Å². The first-order chi connectivity index (χ1) is 8.17. The number of nitrogens with zero attached hydrogens (tertiary/aromatic N) is 1. The zero-order valence-electron chi connectivity index (χ0n) is 10.5. The van der Waals surface area contributed by atoms with Crippen molar-refractivity contribution in [2.24, 2.45) is 0 Å². The molecule has 94 valence electrons. The van der Waals surface area contributed by atoms with Crippen LogP contribution in [0.4, 0.5) is 5.82 Å². The van der Waals surface area contributed by atoms with E-state index >= 15 is 0 Å². The largest absolute Gasteiger partial charge is 0.385 e. The van der Waals surface area contributed by atoms with Gasteiger partial charge in [-0.05, 0) is 25.5 Å². The third-order valence-corrected chi connectivity index (χ3v) is 2.36. The van der Waals surface area contributed by atoms with Crippen molar-refractivity contribution < 1.29 is 9.53 Å². The Morgan fingerprint density at radius 1 is 1.53 bits per heavy atom. The summed E-state index contributed by atoms with van der Waals surface area (Å²) in [5.41, 5.74) is 0.413. The zero-order chi connectivity index (χ0) is 12.7. The molecule has 0 aliphatic heterocycles. The van der Waals surface area contributed by atoms with Crippen molar-refractivity contribution in [2.75, 3.05) is 26.1 Å². The van der Waals surface area contributed by atoms with Crippen molar-refractivity contribution in [3.05, 3.63) is 23.9 Å². The van der Waals surface area contributed by atoms with Crippen LogP contribution in [-0.2, 0) is 4.74 Å². The fourth-order valence-corrected chi connectivity index (χ4v) is 1.39. The summed E-state index contributed by atoms with van der Waals surface area (Å²) in [7, 11) is 3.27. The minimum atomic E-state index is -0.182. The molecule has 1 heterocycles. The number of anilines is 1. The van der Waals surface area contributed by atoms with E-state index in [2.05, 4.69) is 15.6 Å². The Labute approximate surface area is 102 Å². The van der Waals surface area contributed by atoms with Gasteiger partial charge in [0, 0.05) is 26.8 Å². The number of hydrogen-bond acceptors (Lipinski definition) is 4. The molecule has 1 unspecified atom stereocenters. The summed E-state index contributed by atoms with van der Waals surface area (Å²) in [6.45, 7) is 2.75. The maximum atomic E-state index is 11.4. The lowest BCUT2D eigenvalue weighted by Gasteiger charge is -2.14. The Kier molecular flexibility index (Phi) is 5.42. The topological polar surface area (TPSA) is 63.2 Å². The van der Waals surface area contributed by atoms with Crippen LogP contribution in [0.2, 0.25) is 0 Å². The lowest BCUT2D eigenvalue weighted by atomic mass is 10.2. The van der Waals surface area contributed by atoms with Gasteiger partial charge in [0.15, 0.2) is 0 Å². The number of carbonyl (C=O) groups is 1. The number of pyridine rings is 1. The average molecular weight is 237 g/mol. The Hall–Kier alpha value is -1.62. The molecule has 0 spiro atoms. The molecule has 1 rings (SSSR count). The molecule has 2 N–H and O–H groups in total. The van der Waals surface area contributed by atoms with Crippen LogP contribution in [0.3, 0.4) is 0 Å². The number of hydrogen-bond donors (Lipinski definition) is 2. The van der Waals surface area contributed by atoms with E-state index in [1.165, 1.54) is 0 Å². The maximum Gasteiger partial charge on any atom is 0.269 e. The third kappa shape index (κ3) is 4.40. The molecule has 5 heteroatoms. The molecule has 0 aliphatic carbocycles. The van der Waals surface area contributed by atoms with E-state index in [1.54, 1.807) is 20.2 Å². The van der Waals surface area contributed by atoms with E-state index in [9.17, 15) is 4.79 Å². The second-order valence-corrected chi connectivity index (χ2v) is 3.81. The molecular weight excluding hydrogens is 218 g/mol. The molecule has 0 bridgehead atoms. The van der Waals surface area contributed by atoms with Gasteiger partial charge in [0.1, 0.15) is 11.5 Å². The SMILES string of the molecule is CNC(=O)c1cccc(NC(C)CCOC)n1. The van der Waals surface area contributed by atoms with Crippen molar-refractivity contribution in [2.45, 2.75) is 19.4 Å². The summed E-state index contributed by atoms with van der Waals surface area (Å²) in [5.74, 6) is 0.521. The Balaban J connectivity index is 2.62. The Morgan fingerprint density at radius 2 is 2.29 bits per heavy atom. The zero-order valence-corrected chi connectivity index (χ0v) is 10.5. The van der Waals surface area contributed by atoms with Crippen LogP contribution >= 0.6 is 0 Å². The lowest BCUT2D eigenvalue weighted by molar-refractivity contribution is 0.0958. The number of amides is 1. The maximum absolute atomic E-state index is 11.4. The van der Waals surface area contributed by atoms with E-state index in [0.29, 0.717) is 18.1 Å². The fourth-order valence-electron chi connectivity index (χ4n) is 1.39. The number of aromatic nitrogens is 1. The molecule has 0 fully saturated rings. The normalized spacial score (nSPS) is 11.9. The second kappa shape index (κ2) is 6.85. The van der Waals surface area contributed by atoms with Crippen molar-refractivity contribution >= 4 is 11.7 Å². The predicted octanol–water partition coefficient (Wildman–Crippen LogP) is 1.28. The van der Waals surface area contributed by atoms with E-state index in [4.69, 9.17) is 4.74 Å². The molecule has 1 amide bonds. The molecule has 0 radical (unpaired) electrons. The minimum Gasteiger partial charge on any atom is -0.385 e. The standard InChI is InChI=1S/C12H19N3O2/c1-9(7-8-17-3)14-11-6-4-5-10(15-11)12(16)13-2/h4-6,9H,7-8H2,1-3H3,(H,13,16)(H,14,15). The van der Waals surface area contributed by atoms with Crippen LogP contribution in [0.5, 0.6) is 0 Å². The Bertz CT molecular complexity index is 369. The molecule has 0 aromatic carbocycles. The van der Waals surface area contributed by atoms with Gasteiger partial charge in [0.05, 0.1) is 0 Å². The highest BCUT2D eigenvalue weighted by atomic mass is 16.5.